The molecule has 0 aliphatic heterocycles. The van der Waals surface area contributed by atoms with Crippen LogP contribution in [-0.4, -0.2) is 39.1 Å². The normalized spacial score (nSPS) is 10.2. The Bertz CT molecular complexity index is 762. The molecule has 2 rings (SSSR count). The van der Waals surface area contributed by atoms with Crippen LogP contribution in [0.2, 0.25) is 0 Å². The van der Waals surface area contributed by atoms with Crippen molar-refractivity contribution in [3.05, 3.63) is 48.5 Å². The van der Waals surface area contributed by atoms with E-state index in [1.807, 2.05) is 37.3 Å². The van der Waals surface area contributed by atoms with Gasteiger partial charge in [-0.05, 0) is 31.2 Å². The fraction of sp³-hybridized carbons (Fsp3) is 0.300. The van der Waals surface area contributed by atoms with Crippen LogP contribution < -0.4 is 19.3 Å². The van der Waals surface area contributed by atoms with Crippen LogP contribution in [0.4, 0.5) is 11.4 Å². The largest absolute Gasteiger partial charge is 0.497 e. The molecule has 0 aliphatic rings. The van der Waals surface area contributed by atoms with E-state index in [-0.39, 0.29) is 18.4 Å². The first-order chi connectivity index (χ1) is 12.5. The maximum Gasteiger partial charge on any atom is 0.247 e. The molecule has 0 heterocycles. The third-order valence-electron chi connectivity index (χ3n) is 4.04. The molecule has 0 saturated carbocycles. The van der Waals surface area contributed by atoms with Crippen LogP contribution in [0, 0.1) is 0 Å². The van der Waals surface area contributed by atoms with Gasteiger partial charge in [-0.2, -0.15) is 0 Å². The Morgan fingerprint density at radius 1 is 0.962 bits per heavy atom. The second kappa shape index (κ2) is 8.89. The van der Waals surface area contributed by atoms with Crippen molar-refractivity contribution < 1.29 is 19.1 Å². The molecule has 0 unspecified atom stereocenters. The molecule has 2 amide bonds. The molecular formula is C20H24N2O4. The highest BCUT2D eigenvalue weighted by Gasteiger charge is 2.23. The predicted octanol–water partition coefficient (Wildman–Crippen LogP) is 3.11. The number of benzene rings is 2. The van der Waals surface area contributed by atoms with Gasteiger partial charge in [0, 0.05) is 25.2 Å². The first-order valence-electron chi connectivity index (χ1n) is 8.37. The molecular weight excluding hydrogens is 332 g/mol. The number of likely N-dealkylation sites (N-methyl/N-ethyl adjacent to an activating group) is 1. The average Bonchev–Trinajstić information content (AvgIpc) is 2.66. The topological polar surface area (TPSA) is 59.1 Å². The van der Waals surface area contributed by atoms with E-state index < -0.39 is 0 Å². The number of para-hydroxylation sites is 1. The van der Waals surface area contributed by atoms with Crippen molar-refractivity contribution >= 4 is 23.2 Å². The van der Waals surface area contributed by atoms with Gasteiger partial charge >= 0.3 is 0 Å². The molecule has 138 valence electrons. The molecule has 26 heavy (non-hydrogen) atoms. The fourth-order valence-corrected chi connectivity index (χ4v) is 2.71. The zero-order valence-corrected chi connectivity index (χ0v) is 15.6. The van der Waals surface area contributed by atoms with E-state index in [4.69, 9.17) is 9.47 Å². The van der Waals surface area contributed by atoms with Crippen LogP contribution in [0.3, 0.4) is 0 Å². The van der Waals surface area contributed by atoms with E-state index in [0.717, 1.165) is 5.69 Å². The second-order valence-corrected chi connectivity index (χ2v) is 5.62. The van der Waals surface area contributed by atoms with Crippen molar-refractivity contribution in [3.8, 4) is 11.5 Å². The van der Waals surface area contributed by atoms with Gasteiger partial charge in [-0.15, -0.1) is 0 Å². The van der Waals surface area contributed by atoms with E-state index in [1.165, 1.54) is 18.9 Å². The van der Waals surface area contributed by atoms with Crippen molar-refractivity contribution in [1.82, 2.24) is 0 Å². The summed E-state index contributed by atoms with van der Waals surface area (Å²) in [6.45, 7) is 3.73. The maximum absolute atomic E-state index is 12.9. The zero-order valence-electron chi connectivity index (χ0n) is 15.6. The number of ether oxygens (including phenoxy) is 2. The molecule has 0 fully saturated rings. The molecule has 0 N–H and O–H groups in total. The number of rotatable bonds is 7. The highest BCUT2D eigenvalue weighted by Crippen LogP contribution is 2.32. The van der Waals surface area contributed by atoms with Crippen molar-refractivity contribution in [1.29, 1.82) is 0 Å². The molecule has 0 radical (unpaired) electrons. The SMILES string of the molecule is CCN(C(=O)CN(C(C)=O)c1cc(OC)ccc1OC)c1ccccc1. The number of hydrogen-bond acceptors (Lipinski definition) is 4. The van der Waals surface area contributed by atoms with Gasteiger partial charge in [0.1, 0.15) is 18.0 Å². The maximum atomic E-state index is 12.9. The minimum atomic E-state index is -0.256. The van der Waals surface area contributed by atoms with E-state index in [9.17, 15) is 9.59 Å². The third-order valence-corrected chi connectivity index (χ3v) is 4.04. The predicted molar refractivity (Wildman–Crippen MR) is 102 cm³/mol. The van der Waals surface area contributed by atoms with Gasteiger partial charge in [0.25, 0.3) is 0 Å². The molecule has 2 aromatic carbocycles. The van der Waals surface area contributed by atoms with Gasteiger partial charge in [-0.25, -0.2) is 0 Å². The number of nitrogens with zero attached hydrogens (tertiary/aromatic N) is 2. The quantitative estimate of drug-likeness (QED) is 0.765. The molecule has 6 nitrogen and oxygen atoms in total. The van der Waals surface area contributed by atoms with Crippen LogP contribution in [0.15, 0.2) is 48.5 Å². The lowest BCUT2D eigenvalue weighted by Gasteiger charge is -2.27. The van der Waals surface area contributed by atoms with Crippen LogP contribution in [-0.2, 0) is 9.59 Å². The van der Waals surface area contributed by atoms with Gasteiger partial charge in [-0.3, -0.25) is 14.5 Å². The first-order valence-corrected chi connectivity index (χ1v) is 8.37. The lowest BCUT2D eigenvalue weighted by atomic mass is 10.2. The molecule has 0 atom stereocenters. The highest BCUT2D eigenvalue weighted by atomic mass is 16.5. The summed E-state index contributed by atoms with van der Waals surface area (Å²) in [4.78, 5) is 28.2. The molecule has 0 bridgehead atoms. The van der Waals surface area contributed by atoms with Crippen molar-refractivity contribution in [3.63, 3.8) is 0 Å². The summed E-state index contributed by atoms with van der Waals surface area (Å²) in [5, 5.41) is 0. The summed E-state index contributed by atoms with van der Waals surface area (Å²) in [6, 6.07) is 14.5. The van der Waals surface area contributed by atoms with Crippen LogP contribution in [0.1, 0.15) is 13.8 Å². The summed E-state index contributed by atoms with van der Waals surface area (Å²) in [5.41, 5.74) is 1.29. The zero-order chi connectivity index (χ0) is 19.1. The Morgan fingerprint density at radius 2 is 1.65 bits per heavy atom. The lowest BCUT2D eigenvalue weighted by molar-refractivity contribution is -0.121. The summed E-state index contributed by atoms with van der Waals surface area (Å²) in [7, 11) is 3.07. The van der Waals surface area contributed by atoms with Crippen LogP contribution >= 0.6 is 0 Å². The molecule has 0 aromatic heterocycles. The van der Waals surface area contributed by atoms with Crippen molar-refractivity contribution in [2.45, 2.75) is 13.8 Å². The number of anilines is 2. The Balaban J connectivity index is 2.34. The van der Waals surface area contributed by atoms with Crippen LogP contribution in [0.25, 0.3) is 0 Å². The van der Waals surface area contributed by atoms with Gasteiger partial charge in [0.2, 0.25) is 11.8 Å². The van der Waals surface area contributed by atoms with E-state index >= 15 is 0 Å². The van der Waals surface area contributed by atoms with Crippen molar-refractivity contribution in [2.75, 3.05) is 37.1 Å². The Labute approximate surface area is 153 Å². The summed E-state index contributed by atoms with van der Waals surface area (Å²) < 4.78 is 10.6. The first kappa shape index (κ1) is 19.3. The van der Waals surface area contributed by atoms with E-state index in [1.54, 1.807) is 30.2 Å². The third kappa shape index (κ3) is 4.33. The standard InChI is InChI=1S/C20H24N2O4/c1-5-21(16-9-7-6-8-10-16)20(24)14-22(15(2)23)18-13-17(25-3)11-12-19(18)26-4/h6-13H,5,14H2,1-4H3. The van der Waals surface area contributed by atoms with Gasteiger partial charge in [0.15, 0.2) is 0 Å². The summed E-state index contributed by atoms with van der Waals surface area (Å²) in [6.07, 6.45) is 0. The number of amides is 2. The lowest BCUT2D eigenvalue weighted by Crippen LogP contribution is -2.42. The Kier molecular flexibility index (Phi) is 6.60. The molecule has 0 saturated heterocycles. The molecule has 6 heteroatoms. The van der Waals surface area contributed by atoms with Gasteiger partial charge < -0.3 is 14.4 Å². The number of hydrogen-bond donors (Lipinski definition) is 0. The second-order valence-electron chi connectivity index (χ2n) is 5.62. The summed E-state index contributed by atoms with van der Waals surface area (Å²) in [5.74, 6) is 0.638. The van der Waals surface area contributed by atoms with Gasteiger partial charge in [-0.1, -0.05) is 18.2 Å². The Morgan fingerprint density at radius 3 is 2.19 bits per heavy atom. The van der Waals surface area contributed by atoms with E-state index in [2.05, 4.69) is 0 Å². The smallest absolute Gasteiger partial charge is 0.247 e. The monoisotopic (exact) mass is 356 g/mol. The van der Waals surface area contributed by atoms with E-state index in [0.29, 0.717) is 23.7 Å². The molecule has 0 aliphatic carbocycles. The highest BCUT2D eigenvalue weighted by molar-refractivity contribution is 6.03. The Hall–Kier alpha value is -3.02. The fourth-order valence-electron chi connectivity index (χ4n) is 2.71. The number of carbonyl (C=O) groups is 2. The number of carbonyl (C=O) groups excluding carboxylic acids is 2. The van der Waals surface area contributed by atoms with Gasteiger partial charge in [0.05, 0.1) is 19.9 Å². The van der Waals surface area contributed by atoms with Crippen LogP contribution in [0.5, 0.6) is 11.5 Å². The summed E-state index contributed by atoms with van der Waals surface area (Å²) >= 11 is 0. The number of methoxy groups -OCH3 is 2. The molecule has 2 aromatic rings. The molecule has 0 spiro atoms. The average molecular weight is 356 g/mol. The van der Waals surface area contributed by atoms with Crippen molar-refractivity contribution in [2.24, 2.45) is 0 Å². The minimum Gasteiger partial charge on any atom is -0.497 e. The minimum absolute atomic E-state index is 0.0956.